The largest absolute Gasteiger partial charge is 0.478 e. The zero-order valence-corrected chi connectivity index (χ0v) is 26.9. The summed E-state index contributed by atoms with van der Waals surface area (Å²) in [6, 6.07) is 38.6. The lowest BCUT2D eigenvalue weighted by Gasteiger charge is -2.18. The molecule has 5 aromatic carbocycles. The molecule has 0 fully saturated rings. The first kappa shape index (κ1) is 30.8. The summed E-state index contributed by atoms with van der Waals surface area (Å²) in [4.78, 5) is 25.4. The lowest BCUT2D eigenvalue weighted by molar-refractivity contribution is 0.0696. The third kappa shape index (κ3) is 6.58. The number of hydrogen-bond donors (Lipinski definition) is 2. The molecule has 1 aromatic heterocycles. The Hall–Kier alpha value is -5.19. The van der Waals surface area contributed by atoms with Crippen molar-refractivity contribution < 1.29 is 19.3 Å². The lowest BCUT2D eigenvalue weighted by Crippen LogP contribution is -2.27. The van der Waals surface area contributed by atoms with Crippen LogP contribution in [0.3, 0.4) is 0 Å². The minimum absolute atomic E-state index is 0.191. The van der Waals surface area contributed by atoms with Gasteiger partial charge in [-0.05, 0) is 96.1 Å². The van der Waals surface area contributed by atoms with E-state index in [-0.39, 0.29) is 17.5 Å². The molecule has 0 aliphatic heterocycles. The molecule has 46 heavy (non-hydrogen) atoms. The van der Waals surface area contributed by atoms with Crippen LogP contribution in [-0.2, 0) is 11.1 Å². The fraction of sp³-hybridized carbons (Fsp3) is 0.128. The van der Waals surface area contributed by atoms with Crippen molar-refractivity contribution in [2.45, 2.75) is 19.5 Å². The summed E-state index contributed by atoms with van der Waals surface area (Å²) in [6.45, 7) is 5.96. The number of hydrogen-bond acceptors (Lipinski definition) is 3. The van der Waals surface area contributed by atoms with E-state index in [0.717, 1.165) is 49.6 Å². The van der Waals surface area contributed by atoms with E-state index in [9.17, 15) is 19.3 Å². The number of nitrogens with zero attached hydrogens (tertiary/aromatic N) is 1. The number of carbonyl (C=O) groups excluding carboxylic acids is 1. The standard InChI is InChI=1S/C39H35N2O4P/c1-26(28-15-17-30(18-16-28)39(43)44)40-38(42)36-24-34(32-13-8-14-35(23-32)46(2,3)45)22-33-19-20-41(37(33)36)25-27-9-7-12-31(21-27)29-10-5-4-6-11-29/h4-24,26H,25H2,1-3H3,(H,40,42)(H,43,44)/t26-/m0/s1. The molecule has 0 unspecified atom stereocenters. The van der Waals surface area contributed by atoms with Gasteiger partial charge in [0, 0.05) is 23.4 Å². The average Bonchev–Trinajstić information content (AvgIpc) is 3.46. The highest BCUT2D eigenvalue weighted by Crippen LogP contribution is 2.37. The van der Waals surface area contributed by atoms with E-state index in [1.807, 2.05) is 67.7 Å². The molecule has 0 spiro atoms. The normalized spacial score (nSPS) is 12.2. The van der Waals surface area contributed by atoms with Crippen molar-refractivity contribution in [1.82, 2.24) is 9.88 Å². The van der Waals surface area contributed by atoms with Crippen LogP contribution < -0.4 is 10.6 Å². The van der Waals surface area contributed by atoms with Crippen LogP contribution in [-0.4, -0.2) is 34.9 Å². The van der Waals surface area contributed by atoms with E-state index < -0.39 is 13.1 Å². The summed E-state index contributed by atoms with van der Waals surface area (Å²) < 4.78 is 15.0. The lowest BCUT2D eigenvalue weighted by atomic mass is 9.99. The maximum atomic E-state index is 14.1. The van der Waals surface area contributed by atoms with Gasteiger partial charge in [-0.1, -0.05) is 78.9 Å². The quantitative estimate of drug-likeness (QED) is 0.158. The predicted octanol–water partition coefficient (Wildman–Crippen LogP) is 8.46. The highest BCUT2D eigenvalue weighted by atomic mass is 31.2. The Labute approximate surface area is 268 Å². The molecular formula is C39H35N2O4P. The van der Waals surface area contributed by atoms with Crippen molar-refractivity contribution in [2.75, 3.05) is 13.3 Å². The van der Waals surface area contributed by atoms with E-state index in [1.165, 1.54) is 0 Å². The Morgan fingerprint density at radius 2 is 1.43 bits per heavy atom. The Morgan fingerprint density at radius 1 is 0.761 bits per heavy atom. The Kier molecular flexibility index (Phi) is 8.48. The van der Waals surface area contributed by atoms with Crippen molar-refractivity contribution >= 4 is 35.2 Å². The molecule has 0 bridgehead atoms. The summed E-state index contributed by atoms with van der Waals surface area (Å²) >= 11 is 0. The summed E-state index contributed by atoms with van der Waals surface area (Å²) in [5.41, 5.74) is 7.44. The molecule has 1 amide bonds. The molecule has 7 heteroatoms. The number of carboxylic acid groups (broad SMARTS) is 1. The molecule has 230 valence electrons. The molecule has 6 nitrogen and oxygen atoms in total. The zero-order valence-electron chi connectivity index (χ0n) is 26.0. The number of rotatable bonds is 9. The molecule has 2 N–H and O–H groups in total. The summed E-state index contributed by atoms with van der Waals surface area (Å²) in [5, 5.41) is 14.1. The molecule has 0 radical (unpaired) electrons. The SMILES string of the molecule is C[C@H](NC(=O)c1cc(-c2cccc(P(C)(C)=O)c2)cc2ccn(Cc3cccc(-c4ccccc4)c3)c12)c1ccc(C(=O)O)cc1. The number of benzene rings is 5. The zero-order chi connectivity index (χ0) is 32.4. The molecule has 0 saturated carbocycles. The van der Waals surface area contributed by atoms with Gasteiger partial charge < -0.3 is 19.6 Å². The summed E-state index contributed by atoms with van der Waals surface area (Å²) in [7, 11) is -2.49. The van der Waals surface area contributed by atoms with Crippen molar-refractivity contribution in [1.29, 1.82) is 0 Å². The summed E-state index contributed by atoms with van der Waals surface area (Å²) in [6.07, 6.45) is 2.01. The highest BCUT2D eigenvalue weighted by molar-refractivity contribution is 7.70. The van der Waals surface area contributed by atoms with Crippen molar-refractivity contribution in [3.63, 3.8) is 0 Å². The second-order valence-corrected chi connectivity index (χ2v) is 15.2. The van der Waals surface area contributed by atoms with E-state index in [1.54, 1.807) is 37.6 Å². The molecular weight excluding hydrogens is 591 g/mol. The molecule has 0 aliphatic rings. The smallest absolute Gasteiger partial charge is 0.335 e. The Balaban J connectivity index is 1.41. The Morgan fingerprint density at radius 3 is 2.13 bits per heavy atom. The van der Waals surface area contributed by atoms with Gasteiger partial charge in [0.15, 0.2) is 0 Å². The van der Waals surface area contributed by atoms with Gasteiger partial charge in [0.25, 0.3) is 5.91 Å². The first-order valence-corrected chi connectivity index (χ1v) is 17.7. The number of amides is 1. The predicted molar refractivity (Wildman–Crippen MR) is 187 cm³/mol. The monoisotopic (exact) mass is 626 g/mol. The second-order valence-electron chi connectivity index (χ2n) is 12.0. The van der Waals surface area contributed by atoms with Gasteiger partial charge in [-0.2, -0.15) is 0 Å². The van der Waals surface area contributed by atoms with Crippen LogP contribution >= 0.6 is 7.14 Å². The maximum Gasteiger partial charge on any atom is 0.335 e. The Bertz CT molecular complexity index is 2110. The van der Waals surface area contributed by atoms with Crippen LogP contribution in [0.15, 0.2) is 128 Å². The highest BCUT2D eigenvalue weighted by Gasteiger charge is 2.20. The van der Waals surface area contributed by atoms with Gasteiger partial charge in [0.1, 0.15) is 7.14 Å². The number of carboxylic acids is 1. The van der Waals surface area contributed by atoms with Gasteiger partial charge in [-0.15, -0.1) is 0 Å². The molecule has 1 atom stereocenters. The van der Waals surface area contributed by atoms with E-state index in [0.29, 0.717) is 12.1 Å². The fourth-order valence-electron chi connectivity index (χ4n) is 5.79. The van der Waals surface area contributed by atoms with Crippen LogP contribution in [0, 0.1) is 0 Å². The third-order valence-corrected chi connectivity index (χ3v) is 9.82. The molecule has 1 heterocycles. The minimum atomic E-state index is -2.49. The van der Waals surface area contributed by atoms with Gasteiger partial charge in [0.2, 0.25) is 0 Å². The minimum Gasteiger partial charge on any atom is -0.478 e. The van der Waals surface area contributed by atoms with Crippen LogP contribution in [0.4, 0.5) is 0 Å². The van der Waals surface area contributed by atoms with Crippen LogP contribution in [0.2, 0.25) is 0 Å². The van der Waals surface area contributed by atoms with E-state index in [2.05, 4.69) is 52.3 Å². The number of aromatic carboxylic acids is 1. The number of aromatic nitrogens is 1. The van der Waals surface area contributed by atoms with E-state index in [4.69, 9.17) is 0 Å². The molecule has 6 rings (SSSR count). The molecule has 0 saturated heterocycles. The van der Waals surface area contributed by atoms with Crippen LogP contribution in [0.25, 0.3) is 33.2 Å². The maximum absolute atomic E-state index is 14.1. The molecule has 6 aromatic rings. The third-order valence-electron chi connectivity index (χ3n) is 8.30. The van der Waals surface area contributed by atoms with Gasteiger partial charge >= 0.3 is 5.97 Å². The second kappa shape index (κ2) is 12.7. The van der Waals surface area contributed by atoms with Gasteiger partial charge in [-0.25, -0.2) is 4.79 Å². The van der Waals surface area contributed by atoms with Crippen molar-refractivity contribution in [3.05, 3.63) is 150 Å². The molecule has 0 aliphatic carbocycles. The van der Waals surface area contributed by atoms with Gasteiger partial charge in [-0.3, -0.25) is 4.79 Å². The van der Waals surface area contributed by atoms with Gasteiger partial charge in [0.05, 0.1) is 22.7 Å². The average molecular weight is 627 g/mol. The first-order valence-electron chi connectivity index (χ1n) is 15.1. The number of fused-ring (bicyclic) bond motifs is 1. The van der Waals surface area contributed by atoms with Crippen LogP contribution in [0.5, 0.6) is 0 Å². The number of nitrogens with one attached hydrogen (secondary N) is 1. The summed E-state index contributed by atoms with van der Waals surface area (Å²) in [5.74, 6) is -1.24. The number of carbonyl (C=O) groups is 2. The first-order chi connectivity index (χ1) is 22.1. The topological polar surface area (TPSA) is 88.4 Å². The van der Waals surface area contributed by atoms with Crippen molar-refractivity contribution in [3.8, 4) is 22.3 Å². The van der Waals surface area contributed by atoms with Crippen molar-refractivity contribution in [2.24, 2.45) is 0 Å². The van der Waals surface area contributed by atoms with E-state index >= 15 is 0 Å². The fourth-order valence-corrected chi connectivity index (χ4v) is 6.68. The van der Waals surface area contributed by atoms with Crippen LogP contribution in [0.1, 0.15) is 44.8 Å².